The van der Waals surface area contributed by atoms with Crippen LogP contribution in [0, 0.1) is 0 Å². The van der Waals surface area contributed by atoms with E-state index in [0.29, 0.717) is 0 Å². The van der Waals surface area contributed by atoms with E-state index in [2.05, 4.69) is 0 Å². The number of hydrogen-bond acceptors (Lipinski definition) is 11. The molecule has 1 aromatic carbocycles. The lowest BCUT2D eigenvalue weighted by Gasteiger charge is -2.48. The Balaban J connectivity index is 1.44. The molecule has 3 aliphatic heterocycles. The van der Waals surface area contributed by atoms with Gasteiger partial charge in [-0.25, -0.2) is 0 Å². The second-order valence-corrected chi connectivity index (χ2v) is 7.53. The molecule has 0 amide bonds. The zero-order valence-corrected chi connectivity index (χ0v) is 15.9. The van der Waals surface area contributed by atoms with Crippen LogP contribution in [0.4, 0.5) is 0 Å². The smallest absolute Gasteiger partial charge is 0.187 e. The Bertz CT molecular complexity index is 686. The van der Waals surface area contributed by atoms with Crippen molar-refractivity contribution in [3.05, 3.63) is 35.9 Å². The molecular weight excluding hydrogens is 404 g/mol. The van der Waals surface area contributed by atoms with Crippen molar-refractivity contribution in [3.8, 4) is 0 Å². The van der Waals surface area contributed by atoms with Gasteiger partial charge in [-0.05, 0) is 0 Å². The van der Waals surface area contributed by atoms with Gasteiger partial charge in [-0.2, -0.15) is 0 Å². The van der Waals surface area contributed by atoms with E-state index in [-0.39, 0.29) is 6.61 Å². The Morgan fingerprint density at radius 1 is 0.867 bits per heavy atom. The van der Waals surface area contributed by atoms with Gasteiger partial charge in [0, 0.05) is 5.56 Å². The zero-order chi connectivity index (χ0) is 21.4. The molecule has 0 saturated carbocycles. The molecule has 4 rings (SSSR count). The summed E-state index contributed by atoms with van der Waals surface area (Å²) in [7, 11) is 0. The third-order valence-corrected chi connectivity index (χ3v) is 5.54. The monoisotopic (exact) mass is 430 g/mol. The first kappa shape index (κ1) is 22.0. The summed E-state index contributed by atoms with van der Waals surface area (Å²) in [5, 5.41) is 60.2. The molecule has 6 N–H and O–H groups in total. The molecule has 3 heterocycles. The molecule has 30 heavy (non-hydrogen) atoms. The van der Waals surface area contributed by atoms with Crippen molar-refractivity contribution in [2.75, 3.05) is 13.2 Å². The molecule has 2 unspecified atom stereocenters. The molecule has 168 valence electrons. The minimum Gasteiger partial charge on any atom is -0.394 e. The lowest BCUT2D eigenvalue weighted by atomic mass is 9.96. The van der Waals surface area contributed by atoms with Crippen LogP contribution in [-0.4, -0.2) is 105 Å². The third-order valence-electron chi connectivity index (χ3n) is 5.54. The zero-order valence-electron chi connectivity index (χ0n) is 15.9. The summed E-state index contributed by atoms with van der Waals surface area (Å²) in [4.78, 5) is 0. The van der Waals surface area contributed by atoms with Crippen molar-refractivity contribution in [2.24, 2.45) is 0 Å². The van der Waals surface area contributed by atoms with Crippen LogP contribution in [0.5, 0.6) is 0 Å². The van der Waals surface area contributed by atoms with E-state index in [4.69, 9.17) is 23.7 Å². The van der Waals surface area contributed by atoms with Crippen molar-refractivity contribution in [1.82, 2.24) is 0 Å². The van der Waals surface area contributed by atoms with Gasteiger partial charge in [0.25, 0.3) is 0 Å². The van der Waals surface area contributed by atoms with E-state index in [0.717, 1.165) is 5.56 Å². The molecular formula is C19H26O11. The van der Waals surface area contributed by atoms with Crippen molar-refractivity contribution in [3.63, 3.8) is 0 Å². The largest absolute Gasteiger partial charge is 0.394 e. The highest BCUT2D eigenvalue weighted by Gasteiger charge is 2.52. The molecule has 3 saturated heterocycles. The molecule has 0 aromatic heterocycles. The summed E-state index contributed by atoms with van der Waals surface area (Å²) in [6.45, 7) is -0.587. The Morgan fingerprint density at radius 2 is 1.60 bits per heavy atom. The number of fused-ring (bicyclic) bond motifs is 1. The predicted octanol–water partition coefficient (Wildman–Crippen LogP) is -2.64. The van der Waals surface area contributed by atoms with Gasteiger partial charge in [0.2, 0.25) is 0 Å². The van der Waals surface area contributed by atoms with Gasteiger partial charge in [-0.3, -0.25) is 0 Å². The van der Waals surface area contributed by atoms with E-state index in [1.54, 1.807) is 0 Å². The Hall–Kier alpha value is -1.22. The molecule has 0 radical (unpaired) electrons. The molecule has 11 nitrogen and oxygen atoms in total. The first-order valence-electron chi connectivity index (χ1n) is 9.70. The number of aliphatic hydroxyl groups is 6. The Labute approximate surface area is 171 Å². The van der Waals surface area contributed by atoms with E-state index in [1.165, 1.54) is 0 Å². The Kier molecular flexibility index (Phi) is 6.67. The van der Waals surface area contributed by atoms with Gasteiger partial charge in [0.15, 0.2) is 18.9 Å². The molecule has 11 atom stereocenters. The molecule has 3 fully saturated rings. The summed E-state index contributed by atoms with van der Waals surface area (Å²) in [5.41, 5.74) is 0.747. The molecule has 3 aliphatic rings. The van der Waals surface area contributed by atoms with E-state index < -0.39 is 74.3 Å². The van der Waals surface area contributed by atoms with Gasteiger partial charge in [-0.1, -0.05) is 30.3 Å². The normalized spacial score (nSPS) is 46.9. The van der Waals surface area contributed by atoms with Gasteiger partial charge in [0.05, 0.1) is 13.2 Å². The van der Waals surface area contributed by atoms with Crippen LogP contribution in [0.25, 0.3) is 0 Å². The predicted molar refractivity (Wildman–Crippen MR) is 95.5 cm³/mol. The van der Waals surface area contributed by atoms with Gasteiger partial charge in [0.1, 0.15) is 48.8 Å². The SMILES string of the molecule is OC[C@H]1OC(O)[C@H](O)[C@@H](O)[C@@H]1O[C@@H]1O[C@@H]2COC(c3ccccc3)O[C@H]2[C@H](O)[C@H]1O. The number of ether oxygens (including phenoxy) is 5. The fourth-order valence-electron chi connectivity index (χ4n) is 3.86. The van der Waals surface area contributed by atoms with Gasteiger partial charge >= 0.3 is 0 Å². The molecule has 1 aromatic rings. The van der Waals surface area contributed by atoms with Crippen LogP contribution in [0.2, 0.25) is 0 Å². The number of aliphatic hydroxyl groups excluding tert-OH is 6. The number of rotatable bonds is 4. The average molecular weight is 430 g/mol. The molecule has 0 aliphatic carbocycles. The third kappa shape index (κ3) is 4.11. The van der Waals surface area contributed by atoms with Crippen LogP contribution in [-0.2, 0) is 23.7 Å². The molecule has 0 bridgehead atoms. The van der Waals surface area contributed by atoms with Crippen molar-refractivity contribution < 1.29 is 54.3 Å². The van der Waals surface area contributed by atoms with E-state index >= 15 is 0 Å². The van der Waals surface area contributed by atoms with Gasteiger partial charge in [-0.15, -0.1) is 0 Å². The maximum Gasteiger partial charge on any atom is 0.187 e. The van der Waals surface area contributed by atoms with Crippen LogP contribution in [0.15, 0.2) is 30.3 Å². The standard InChI is InChI=1S/C19H26O11/c20-6-9-15(11(21)13(23)17(25)27-9)30-19-14(24)12(22)16-10(28-19)7-26-18(29-16)8-4-2-1-3-5-8/h1-5,9-25H,6-7H2/t9-,10-,11-,12-,13-,14-,15-,16-,17?,18?,19+/m1/s1. The van der Waals surface area contributed by atoms with E-state index in [9.17, 15) is 30.6 Å². The van der Waals surface area contributed by atoms with Crippen LogP contribution >= 0.6 is 0 Å². The fraction of sp³-hybridized carbons (Fsp3) is 0.684. The van der Waals surface area contributed by atoms with Crippen molar-refractivity contribution in [2.45, 2.75) is 67.7 Å². The van der Waals surface area contributed by atoms with Crippen LogP contribution in [0.1, 0.15) is 11.9 Å². The number of hydrogen-bond donors (Lipinski definition) is 6. The average Bonchev–Trinajstić information content (AvgIpc) is 2.77. The highest BCUT2D eigenvalue weighted by atomic mass is 16.8. The maximum atomic E-state index is 10.6. The minimum atomic E-state index is -1.71. The summed E-state index contributed by atoms with van der Waals surface area (Å²) < 4.78 is 27.7. The summed E-state index contributed by atoms with van der Waals surface area (Å²) in [6, 6.07) is 9.10. The lowest BCUT2D eigenvalue weighted by Crippen LogP contribution is -2.65. The number of benzene rings is 1. The quantitative estimate of drug-likeness (QED) is 0.295. The summed E-state index contributed by atoms with van der Waals surface area (Å²) >= 11 is 0. The first-order chi connectivity index (χ1) is 14.4. The molecule has 11 heteroatoms. The minimum absolute atomic E-state index is 0.0440. The topological polar surface area (TPSA) is 168 Å². The summed E-state index contributed by atoms with van der Waals surface area (Å²) in [5.74, 6) is 0. The maximum absolute atomic E-state index is 10.6. The van der Waals surface area contributed by atoms with Crippen LogP contribution in [0.3, 0.4) is 0 Å². The Morgan fingerprint density at radius 3 is 2.30 bits per heavy atom. The van der Waals surface area contributed by atoms with Crippen molar-refractivity contribution in [1.29, 1.82) is 0 Å². The summed E-state index contributed by atoms with van der Waals surface area (Å²) in [6.07, 6.45) is -14.3. The van der Waals surface area contributed by atoms with Gasteiger partial charge < -0.3 is 54.3 Å². The van der Waals surface area contributed by atoms with Crippen LogP contribution < -0.4 is 0 Å². The second kappa shape index (κ2) is 9.10. The molecule has 0 spiro atoms. The fourth-order valence-corrected chi connectivity index (χ4v) is 3.86. The highest BCUT2D eigenvalue weighted by Crippen LogP contribution is 2.35. The van der Waals surface area contributed by atoms with Crippen molar-refractivity contribution >= 4 is 0 Å². The first-order valence-corrected chi connectivity index (χ1v) is 9.70. The lowest BCUT2D eigenvalue weighted by molar-refractivity contribution is -0.384. The second-order valence-electron chi connectivity index (χ2n) is 7.53. The van der Waals surface area contributed by atoms with E-state index in [1.807, 2.05) is 30.3 Å². The highest BCUT2D eigenvalue weighted by molar-refractivity contribution is 5.16.